The average Bonchev–Trinajstić information content (AvgIpc) is 2.38. The Labute approximate surface area is 115 Å². The lowest BCUT2D eigenvalue weighted by molar-refractivity contribution is -0.154. The number of esters is 1. The van der Waals surface area contributed by atoms with Crippen LogP contribution < -0.4 is 0 Å². The molecule has 1 N–H and O–H groups in total. The topological polar surface area (TPSA) is 49.8 Å². The van der Waals surface area contributed by atoms with Gasteiger partial charge in [0.1, 0.15) is 0 Å². The van der Waals surface area contributed by atoms with E-state index in [4.69, 9.17) is 4.74 Å². The van der Waals surface area contributed by atoms with Crippen LogP contribution in [0.25, 0.3) is 0 Å². The molecule has 0 amide bonds. The van der Waals surface area contributed by atoms with E-state index in [0.29, 0.717) is 18.7 Å². The smallest absolute Gasteiger partial charge is 0.339 e. The summed E-state index contributed by atoms with van der Waals surface area (Å²) in [4.78, 5) is 13.8. The van der Waals surface area contributed by atoms with E-state index in [-0.39, 0.29) is 0 Å². The lowest BCUT2D eigenvalue weighted by atomic mass is 10.0. The highest BCUT2D eigenvalue weighted by Crippen LogP contribution is 2.20. The van der Waals surface area contributed by atoms with E-state index in [1.54, 1.807) is 6.07 Å². The SMILES string of the molecule is CCCCOC(=O)C(O)c1ccccc1CN(C)C. The van der Waals surface area contributed by atoms with E-state index >= 15 is 0 Å². The minimum atomic E-state index is -1.20. The number of rotatable bonds is 7. The van der Waals surface area contributed by atoms with Crippen LogP contribution in [0.2, 0.25) is 0 Å². The lowest BCUT2D eigenvalue weighted by Gasteiger charge is -2.17. The van der Waals surface area contributed by atoms with Crippen LogP contribution in [0, 0.1) is 0 Å². The fraction of sp³-hybridized carbons (Fsp3) is 0.533. The first-order chi connectivity index (χ1) is 9.06. The first-order valence-electron chi connectivity index (χ1n) is 6.63. The summed E-state index contributed by atoms with van der Waals surface area (Å²) >= 11 is 0. The normalized spacial score (nSPS) is 12.5. The number of aliphatic hydroxyl groups excluding tert-OH is 1. The molecule has 1 unspecified atom stereocenters. The molecule has 4 nitrogen and oxygen atoms in total. The Morgan fingerprint density at radius 2 is 2.05 bits per heavy atom. The van der Waals surface area contributed by atoms with Gasteiger partial charge in [-0.15, -0.1) is 0 Å². The van der Waals surface area contributed by atoms with Gasteiger partial charge in [0.15, 0.2) is 6.10 Å². The summed E-state index contributed by atoms with van der Waals surface area (Å²) in [5.41, 5.74) is 1.56. The molecule has 4 heteroatoms. The Kier molecular flexibility index (Phi) is 6.53. The Balaban J connectivity index is 2.75. The third-order valence-electron chi connectivity index (χ3n) is 2.80. The van der Waals surface area contributed by atoms with Gasteiger partial charge in [0, 0.05) is 6.54 Å². The number of nitrogens with zero attached hydrogens (tertiary/aromatic N) is 1. The van der Waals surface area contributed by atoms with Crippen LogP contribution in [0.1, 0.15) is 37.0 Å². The largest absolute Gasteiger partial charge is 0.464 e. The maximum atomic E-state index is 11.8. The first kappa shape index (κ1) is 15.7. The van der Waals surface area contributed by atoms with Crippen LogP contribution in [-0.4, -0.2) is 36.7 Å². The van der Waals surface area contributed by atoms with Crippen molar-refractivity contribution in [2.45, 2.75) is 32.4 Å². The molecular weight excluding hydrogens is 242 g/mol. The van der Waals surface area contributed by atoms with E-state index < -0.39 is 12.1 Å². The molecule has 0 saturated carbocycles. The van der Waals surface area contributed by atoms with E-state index in [1.165, 1.54) is 0 Å². The van der Waals surface area contributed by atoms with Crippen molar-refractivity contribution in [3.63, 3.8) is 0 Å². The van der Waals surface area contributed by atoms with Gasteiger partial charge in [-0.2, -0.15) is 0 Å². The van der Waals surface area contributed by atoms with Gasteiger partial charge < -0.3 is 14.7 Å². The van der Waals surface area contributed by atoms with E-state index in [2.05, 4.69) is 0 Å². The van der Waals surface area contributed by atoms with E-state index in [9.17, 15) is 9.90 Å². The maximum absolute atomic E-state index is 11.8. The summed E-state index contributed by atoms with van der Waals surface area (Å²) < 4.78 is 5.06. The number of ether oxygens (including phenoxy) is 1. The van der Waals surface area contributed by atoms with Gasteiger partial charge in [-0.25, -0.2) is 4.79 Å². The summed E-state index contributed by atoms with van der Waals surface area (Å²) in [5.74, 6) is -0.570. The number of aliphatic hydroxyl groups is 1. The Bertz CT molecular complexity index is 404. The molecule has 1 aromatic carbocycles. The molecule has 106 valence electrons. The van der Waals surface area contributed by atoms with Crippen molar-refractivity contribution in [1.82, 2.24) is 4.90 Å². The lowest BCUT2D eigenvalue weighted by Crippen LogP contribution is -2.19. The first-order valence-corrected chi connectivity index (χ1v) is 6.63. The highest BCUT2D eigenvalue weighted by Gasteiger charge is 2.21. The maximum Gasteiger partial charge on any atom is 0.339 e. The van der Waals surface area contributed by atoms with Crippen molar-refractivity contribution < 1.29 is 14.6 Å². The van der Waals surface area contributed by atoms with Crippen LogP contribution in [0.3, 0.4) is 0 Å². The van der Waals surface area contributed by atoms with Gasteiger partial charge in [0.2, 0.25) is 0 Å². The van der Waals surface area contributed by atoms with Crippen molar-refractivity contribution in [3.05, 3.63) is 35.4 Å². The van der Waals surface area contributed by atoms with Crippen LogP contribution in [0.4, 0.5) is 0 Å². The predicted molar refractivity (Wildman–Crippen MR) is 74.7 cm³/mol. The molecule has 0 aliphatic carbocycles. The molecule has 1 aromatic rings. The third-order valence-corrected chi connectivity index (χ3v) is 2.80. The molecule has 0 fully saturated rings. The predicted octanol–water partition coefficient (Wildman–Crippen LogP) is 2.12. The van der Waals surface area contributed by atoms with Crippen LogP contribution in [0.15, 0.2) is 24.3 Å². The fourth-order valence-corrected chi connectivity index (χ4v) is 1.81. The summed E-state index contributed by atoms with van der Waals surface area (Å²) in [6, 6.07) is 7.40. The minimum absolute atomic E-state index is 0.363. The standard InChI is InChI=1S/C15H23NO3/c1-4-5-10-19-15(18)14(17)13-9-7-6-8-12(13)11-16(2)3/h6-9,14,17H,4-5,10-11H2,1-3H3. The second-order valence-corrected chi connectivity index (χ2v) is 4.86. The quantitative estimate of drug-likeness (QED) is 0.606. The summed E-state index contributed by atoms with van der Waals surface area (Å²) in [6.45, 7) is 3.06. The zero-order valence-corrected chi connectivity index (χ0v) is 11.9. The molecule has 0 aromatic heterocycles. The summed E-state index contributed by atoms with van der Waals surface area (Å²) in [7, 11) is 3.89. The molecule has 0 radical (unpaired) electrons. The van der Waals surface area contributed by atoms with Gasteiger partial charge >= 0.3 is 5.97 Å². The molecule has 0 aliphatic heterocycles. The number of benzene rings is 1. The molecule has 0 bridgehead atoms. The van der Waals surface area contributed by atoms with Gasteiger partial charge in [-0.05, 0) is 31.6 Å². The van der Waals surface area contributed by atoms with Crippen molar-refractivity contribution >= 4 is 5.97 Å². The zero-order chi connectivity index (χ0) is 14.3. The Morgan fingerprint density at radius 1 is 1.37 bits per heavy atom. The number of carbonyl (C=O) groups is 1. The summed E-state index contributed by atoms with van der Waals surface area (Å²) in [6.07, 6.45) is 0.575. The molecule has 1 atom stereocenters. The van der Waals surface area contributed by atoms with Gasteiger partial charge in [0.05, 0.1) is 6.61 Å². The van der Waals surface area contributed by atoms with Crippen molar-refractivity contribution in [3.8, 4) is 0 Å². The number of hydrogen-bond donors (Lipinski definition) is 1. The molecule has 0 aliphatic rings. The molecule has 0 saturated heterocycles. The second-order valence-electron chi connectivity index (χ2n) is 4.86. The third kappa shape index (κ3) is 5.01. The molecule has 19 heavy (non-hydrogen) atoms. The van der Waals surface area contributed by atoms with Crippen molar-refractivity contribution in [1.29, 1.82) is 0 Å². The van der Waals surface area contributed by atoms with E-state index in [1.807, 2.05) is 44.1 Å². The highest BCUT2D eigenvalue weighted by molar-refractivity contribution is 5.76. The van der Waals surface area contributed by atoms with Crippen molar-refractivity contribution in [2.24, 2.45) is 0 Å². The fourth-order valence-electron chi connectivity index (χ4n) is 1.81. The van der Waals surface area contributed by atoms with Crippen LogP contribution >= 0.6 is 0 Å². The number of carbonyl (C=O) groups excluding carboxylic acids is 1. The van der Waals surface area contributed by atoms with Crippen LogP contribution in [-0.2, 0) is 16.1 Å². The van der Waals surface area contributed by atoms with E-state index in [0.717, 1.165) is 18.4 Å². The number of hydrogen-bond acceptors (Lipinski definition) is 4. The summed E-state index contributed by atoms with van der Waals surface area (Å²) in [5, 5.41) is 10.1. The van der Waals surface area contributed by atoms with Crippen LogP contribution in [0.5, 0.6) is 0 Å². The molecule has 0 spiro atoms. The monoisotopic (exact) mass is 265 g/mol. The Morgan fingerprint density at radius 3 is 2.68 bits per heavy atom. The Hall–Kier alpha value is -1.39. The highest BCUT2D eigenvalue weighted by atomic mass is 16.5. The molecular formula is C15H23NO3. The van der Waals surface area contributed by atoms with Gasteiger partial charge in [0.25, 0.3) is 0 Å². The zero-order valence-electron chi connectivity index (χ0n) is 11.9. The molecule has 0 heterocycles. The minimum Gasteiger partial charge on any atom is -0.464 e. The second kappa shape index (κ2) is 7.92. The van der Waals surface area contributed by atoms with Crippen molar-refractivity contribution in [2.75, 3.05) is 20.7 Å². The van der Waals surface area contributed by atoms with Gasteiger partial charge in [-0.3, -0.25) is 0 Å². The molecule has 1 rings (SSSR count). The van der Waals surface area contributed by atoms with Gasteiger partial charge in [-0.1, -0.05) is 37.6 Å². The number of unbranched alkanes of at least 4 members (excludes halogenated alkanes) is 1. The average molecular weight is 265 g/mol.